The number of carbonyl (C=O) groups excluding carboxylic acids is 1. The van der Waals surface area contributed by atoms with Crippen molar-refractivity contribution in [2.24, 2.45) is 5.41 Å². The molecule has 0 bridgehead atoms. The molecule has 0 amide bonds. The summed E-state index contributed by atoms with van der Waals surface area (Å²) >= 11 is 0. The highest BCUT2D eigenvalue weighted by atomic mass is 19.1. The van der Waals surface area contributed by atoms with Gasteiger partial charge < -0.3 is 9.64 Å². The van der Waals surface area contributed by atoms with Crippen molar-refractivity contribution < 1.29 is 13.9 Å². The van der Waals surface area contributed by atoms with E-state index in [-0.39, 0.29) is 11.8 Å². The molecule has 1 saturated heterocycles. The molecule has 0 aliphatic carbocycles. The van der Waals surface area contributed by atoms with Gasteiger partial charge in [0.2, 0.25) is 0 Å². The lowest BCUT2D eigenvalue weighted by Crippen LogP contribution is -2.49. The number of likely N-dealkylation sites (tertiary alicyclic amines) is 1. The minimum Gasteiger partial charge on any atom is -0.466 e. The summed E-state index contributed by atoms with van der Waals surface area (Å²) < 4.78 is 19.1. The van der Waals surface area contributed by atoms with E-state index in [0.717, 1.165) is 37.9 Å². The Balaban J connectivity index is 1.69. The zero-order valence-corrected chi connectivity index (χ0v) is 16.7. The average Bonchev–Trinajstić information content (AvgIpc) is 2.69. The molecular formula is C23H29FN2O2. The first kappa shape index (κ1) is 20.5. The molecule has 2 aromatic rings. The van der Waals surface area contributed by atoms with E-state index in [4.69, 9.17) is 4.74 Å². The van der Waals surface area contributed by atoms with E-state index in [9.17, 15) is 9.18 Å². The van der Waals surface area contributed by atoms with Gasteiger partial charge in [0.25, 0.3) is 0 Å². The van der Waals surface area contributed by atoms with Crippen molar-refractivity contribution in [2.75, 3.05) is 19.7 Å². The molecule has 1 aromatic carbocycles. The third-order valence-corrected chi connectivity index (χ3v) is 5.77. The Bertz CT molecular complexity index is 773. The number of piperidine rings is 1. The van der Waals surface area contributed by atoms with Gasteiger partial charge in [0.15, 0.2) is 0 Å². The van der Waals surface area contributed by atoms with Crippen molar-refractivity contribution >= 4 is 5.97 Å². The van der Waals surface area contributed by atoms with E-state index in [1.54, 1.807) is 12.3 Å². The van der Waals surface area contributed by atoms with Gasteiger partial charge in [-0.25, -0.2) is 4.39 Å². The van der Waals surface area contributed by atoms with Crippen molar-refractivity contribution in [1.29, 1.82) is 0 Å². The minimum atomic E-state index is -0.575. The number of ether oxygens (including phenoxy) is 1. The van der Waals surface area contributed by atoms with Crippen LogP contribution in [-0.2, 0) is 22.4 Å². The molecule has 28 heavy (non-hydrogen) atoms. The molecule has 0 saturated carbocycles. The Labute approximate surface area is 166 Å². The van der Waals surface area contributed by atoms with Crippen LogP contribution in [-0.4, -0.2) is 41.6 Å². The fourth-order valence-electron chi connectivity index (χ4n) is 4.16. The van der Waals surface area contributed by atoms with Crippen LogP contribution in [0.15, 0.2) is 48.8 Å². The zero-order chi connectivity index (χ0) is 20.0. The maximum absolute atomic E-state index is 13.6. The summed E-state index contributed by atoms with van der Waals surface area (Å²) in [5.74, 6) is -0.419. The SMILES string of the molecule is CCOC(=O)C1(Cc2cccc(F)c2)CCN([C@H](C)Cc2cccnc2)CC1. The summed E-state index contributed by atoms with van der Waals surface area (Å²) in [6.45, 7) is 6.08. The number of esters is 1. The molecule has 1 fully saturated rings. The van der Waals surface area contributed by atoms with E-state index >= 15 is 0 Å². The normalized spacial score (nSPS) is 17.8. The van der Waals surface area contributed by atoms with Gasteiger partial charge in [-0.1, -0.05) is 18.2 Å². The molecule has 1 aliphatic rings. The second-order valence-electron chi connectivity index (χ2n) is 7.76. The van der Waals surface area contributed by atoms with Crippen molar-refractivity contribution in [3.63, 3.8) is 0 Å². The number of hydrogen-bond donors (Lipinski definition) is 0. The van der Waals surface area contributed by atoms with Crippen molar-refractivity contribution in [2.45, 2.75) is 45.6 Å². The maximum atomic E-state index is 13.6. The van der Waals surface area contributed by atoms with Crippen LogP contribution in [0.2, 0.25) is 0 Å². The number of rotatable bonds is 7. The molecular weight excluding hydrogens is 355 g/mol. The smallest absolute Gasteiger partial charge is 0.312 e. The molecule has 4 nitrogen and oxygen atoms in total. The number of hydrogen-bond acceptors (Lipinski definition) is 4. The Morgan fingerprint density at radius 3 is 2.64 bits per heavy atom. The van der Waals surface area contributed by atoms with Gasteiger partial charge in [-0.3, -0.25) is 9.78 Å². The van der Waals surface area contributed by atoms with Gasteiger partial charge in [0.1, 0.15) is 5.82 Å². The summed E-state index contributed by atoms with van der Waals surface area (Å²) in [5, 5.41) is 0. The van der Waals surface area contributed by atoms with Gasteiger partial charge >= 0.3 is 5.97 Å². The van der Waals surface area contributed by atoms with Crippen molar-refractivity contribution in [1.82, 2.24) is 9.88 Å². The first-order valence-corrected chi connectivity index (χ1v) is 10.1. The Morgan fingerprint density at radius 2 is 2.00 bits per heavy atom. The third-order valence-electron chi connectivity index (χ3n) is 5.77. The quantitative estimate of drug-likeness (QED) is 0.676. The predicted octanol–water partition coefficient (Wildman–Crippen LogP) is 4.04. The Kier molecular flexibility index (Phi) is 6.79. The third kappa shape index (κ3) is 4.96. The summed E-state index contributed by atoms with van der Waals surface area (Å²) in [4.78, 5) is 19.5. The number of benzene rings is 1. The number of aromatic nitrogens is 1. The first-order valence-electron chi connectivity index (χ1n) is 10.1. The second kappa shape index (κ2) is 9.28. The Hall–Kier alpha value is -2.27. The van der Waals surface area contributed by atoms with Gasteiger partial charge in [0, 0.05) is 18.4 Å². The molecule has 150 valence electrons. The summed E-state index contributed by atoms with van der Waals surface area (Å²) in [6.07, 6.45) is 6.60. The average molecular weight is 384 g/mol. The van der Waals surface area contributed by atoms with Gasteiger partial charge in [-0.05, 0) is 81.9 Å². The summed E-state index contributed by atoms with van der Waals surface area (Å²) in [5.41, 5.74) is 1.50. The van der Waals surface area contributed by atoms with Crippen molar-refractivity contribution in [3.8, 4) is 0 Å². The van der Waals surface area contributed by atoms with E-state index in [2.05, 4.69) is 22.9 Å². The monoisotopic (exact) mass is 384 g/mol. The van der Waals surface area contributed by atoms with Crippen LogP contribution >= 0.6 is 0 Å². The fraction of sp³-hybridized carbons (Fsp3) is 0.478. The molecule has 2 heterocycles. The lowest BCUT2D eigenvalue weighted by Gasteiger charge is -2.42. The van der Waals surface area contributed by atoms with E-state index in [1.165, 1.54) is 17.7 Å². The predicted molar refractivity (Wildman–Crippen MR) is 107 cm³/mol. The lowest BCUT2D eigenvalue weighted by molar-refractivity contribution is -0.159. The molecule has 0 radical (unpaired) electrons. The fourth-order valence-corrected chi connectivity index (χ4v) is 4.16. The van der Waals surface area contributed by atoms with Crippen molar-refractivity contribution in [3.05, 3.63) is 65.7 Å². The molecule has 0 N–H and O–H groups in total. The number of halogens is 1. The van der Waals surface area contributed by atoms with Crippen LogP contribution in [0.4, 0.5) is 4.39 Å². The molecule has 0 spiro atoms. The molecule has 0 unspecified atom stereocenters. The molecule has 1 aromatic heterocycles. The van der Waals surface area contributed by atoms with E-state index in [0.29, 0.717) is 19.1 Å². The van der Waals surface area contributed by atoms with Crippen LogP contribution in [0.3, 0.4) is 0 Å². The second-order valence-corrected chi connectivity index (χ2v) is 7.76. The van der Waals surface area contributed by atoms with Gasteiger partial charge in [-0.2, -0.15) is 0 Å². The van der Waals surface area contributed by atoms with Crippen LogP contribution in [0, 0.1) is 11.2 Å². The minimum absolute atomic E-state index is 0.154. The standard InChI is InChI=1S/C23H29FN2O2/c1-3-28-22(27)23(16-19-6-4-8-21(24)15-19)9-12-26(13-10-23)18(2)14-20-7-5-11-25-17-20/h4-8,11,15,17-18H,3,9-10,12-14,16H2,1-2H3/t18-/m1/s1. The Morgan fingerprint density at radius 1 is 1.25 bits per heavy atom. The number of nitrogens with zero attached hydrogens (tertiary/aromatic N) is 2. The largest absolute Gasteiger partial charge is 0.466 e. The zero-order valence-electron chi connectivity index (χ0n) is 16.7. The number of pyridine rings is 1. The van der Waals surface area contributed by atoms with Gasteiger partial charge in [0.05, 0.1) is 12.0 Å². The number of carbonyl (C=O) groups is 1. The lowest BCUT2D eigenvalue weighted by atomic mass is 9.73. The van der Waals surface area contributed by atoms with E-state index < -0.39 is 5.41 Å². The van der Waals surface area contributed by atoms with Gasteiger partial charge in [-0.15, -0.1) is 0 Å². The molecule has 1 aliphatic heterocycles. The molecule has 1 atom stereocenters. The molecule has 5 heteroatoms. The van der Waals surface area contributed by atoms with Crippen LogP contribution in [0.25, 0.3) is 0 Å². The van der Waals surface area contributed by atoms with Crippen LogP contribution in [0.1, 0.15) is 37.8 Å². The summed E-state index contributed by atoms with van der Waals surface area (Å²) in [6, 6.07) is 11.0. The topological polar surface area (TPSA) is 42.4 Å². The van der Waals surface area contributed by atoms with Crippen LogP contribution < -0.4 is 0 Å². The van der Waals surface area contributed by atoms with E-state index in [1.807, 2.05) is 25.3 Å². The highest BCUT2D eigenvalue weighted by Gasteiger charge is 2.43. The maximum Gasteiger partial charge on any atom is 0.312 e. The molecule has 3 rings (SSSR count). The summed E-state index contributed by atoms with van der Waals surface area (Å²) in [7, 11) is 0. The van der Waals surface area contributed by atoms with Crippen LogP contribution in [0.5, 0.6) is 0 Å². The highest BCUT2D eigenvalue weighted by Crippen LogP contribution is 2.37. The highest BCUT2D eigenvalue weighted by molar-refractivity contribution is 5.77. The first-order chi connectivity index (χ1) is 13.5.